The summed E-state index contributed by atoms with van der Waals surface area (Å²) in [7, 11) is -4.75. The second-order valence-electron chi connectivity index (χ2n) is 13.2. The van der Waals surface area contributed by atoms with Crippen molar-refractivity contribution in [2.24, 2.45) is 5.73 Å². The lowest BCUT2D eigenvalue weighted by Gasteiger charge is -2.20. The molecule has 324 valence electrons. The number of nitrogens with two attached hydrogens (primary N) is 1. The van der Waals surface area contributed by atoms with Crippen molar-refractivity contribution in [2.45, 2.75) is 129 Å². The maximum atomic E-state index is 12.5. The molecule has 0 aromatic rings. The van der Waals surface area contributed by atoms with Crippen molar-refractivity contribution in [3.05, 3.63) is 122 Å². The number of allylic oxidation sites excluding steroid dienone is 20. The van der Waals surface area contributed by atoms with E-state index in [-0.39, 0.29) is 12.8 Å². The number of ether oxygens (including phenoxy) is 2. The summed E-state index contributed by atoms with van der Waals surface area (Å²) in [5.74, 6) is -2.55. The van der Waals surface area contributed by atoms with E-state index in [0.29, 0.717) is 19.3 Å². The van der Waals surface area contributed by atoms with Crippen LogP contribution in [-0.4, -0.2) is 59.9 Å². The standard InChI is InChI=1S/C46H70NO10P/c1-3-5-7-9-11-13-15-17-18-19-20-21-22-23-24-26-27-29-31-33-35-37-44(48)54-39-42(40-55-58(52,53)56-41-43(47)46(50)51)57-45(49)38-36-34-32-30-28-25-16-14-12-10-8-6-4-2/h6,8,10-14,16-18,20-21,23-25,27-30,32,42-43H,3-5,7,9,15,19,22,26,31,33-41,47H2,1-2H3,(H,50,51)(H,52,53)/b8-6+,12-10+,13-11+,16-14+,18-17+,21-20+,24-23+,28-25+,29-27+,32-30+/t42?,43-/m0/s1. The minimum absolute atomic E-state index is 0.0468. The maximum absolute atomic E-state index is 12.5. The quantitative estimate of drug-likeness (QED) is 0.0180. The molecule has 0 amide bonds. The van der Waals surface area contributed by atoms with Crippen molar-refractivity contribution in [3.63, 3.8) is 0 Å². The van der Waals surface area contributed by atoms with E-state index >= 15 is 0 Å². The van der Waals surface area contributed by atoms with Crippen LogP contribution in [0.3, 0.4) is 0 Å². The number of rotatable bonds is 36. The van der Waals surface area contributed by atoms with Gasteiger partial charge in [0, 0.05) is 12.8 Å². The second kappa shape index (κ2) is 39.7. The van der Waals surface area contributed by atoms with Crippen molar-refractivity contribution in [1.82, 2.24) is 0 Å². The molecule has 0 heterocycles. The Bertz CT molecular complexity index is 1440. The molecule has 0 aliphatic rings. The molecule has 58 heavy (non-hydrogen) atoms. The fourth-order valence-electron chi connectivity index (χ4n) is 4.58. The van der Waals surface area contributed by atoms with Gasteiger partial charge in [-0.2, -0.15) is 0 Å². The molecule has 11 nitrogen and oxygen atoms in total. The fourth-order valence-corrected chi connectivity index (χ4v) is 5.36. The lowest BCUT2D eigenvalue weighted by atomic mass is 10.2. The van der Waals surface area contributed by atoms with E-state index in [9.17, 15) is 23.8 Å². The molecule has 0 saturated carbocycles. The van der Waals surface area contributed by atoms with E-state index in [4.69, 9.17) is 24.8 Å². The minimum atomic E-state index is -4.75. The largest absolute Gasteiger partial charge is 0.480 e. The summed E-state index contributed by atoms with van der Waals surface area (Å²) < 4.78 is 32.5. The highest BCUT2D eigenvalue weighted by molar-refractivity contribution is 7.47. The number of aliphatic carboxylic acids is 1. The second-order valence-corrected chi connectivity index (χ2v) is 14.6. The Kier molecular flexibility index (Phi) is 36.9. The molecular formula is C46H70NO10P. The number of esters is 2. The van der Waals surface area contributed by atoms with Gasteiger partial charge in [0.2, 0.25) is 0 Å². The van der Waals surface area contributed by atoms with Crippen LogP contribution in [0.1, 0.15) is 117 Å². The zero-order chi connectivity index (χ0) is 42.8. The van der Waals surface area contributed by atoms with Crippen LogP contribution in [0.25, 0.3) is 0 Å². The summed E-state index contributed by atoms with van der Waals surface area (Å²) in [6.07, 6.45) is 52.9. The number of carbonyl (C=O) groups excluding carboxylic acids is 2. The molecule has 0 rings (SSSR count). The summed E-state index contributed by atoms with van der Waals surface area (Å²) in [5.41, 5.74) is 5.31. The van der Waals surface area contributed by atoms with E-state index in [1.54, 1.807) is 0 Å². The van der Waals surface area contributed by atoms with Crippen LogP contribution in [-0.2, 0) is 37.5 Å². The van der Waals surface area contributed by atoms with Crippen molar-refractivity contribution in [1.29, 1.82) is 0 Å². The molecule has 4 N–H and O–H groups in total. The van der Waals surface area contributed by atoms with Crippen LogP contribution in [0.4, 0.5) is 0 Å². The van der Waals surface area contributed by atoms with Crippen molar-refractivity contribution < 1.29 is 47.5 Å². The number of hydrogen-bond donors (Lipinski definition) is 3. The van der Waals surface area contributed by atoms with E-state index < -0.39 is 57.7 Å². The normalized spacial score (nSPS) is 15.0. The number of phosphoric acid groups is 1. The van der Waals surface area contributed by atoms with E-state index in [0.717, 1.165) is 44.9 Å². The summed E-state index contributed by atoms with van der Waals surface area (Å²) in [4.78, 5) is 45.8. The Morgan fingerprint density at radius 2 is 1.03 bits per heavy atom. The molecule has 0 aliphatic heterocycles. The predicted octanol–water partition coefficient (Wildman–Crippen LogP) is 10.8. The molecule has 0 aromatic heterocycles. The highest BCUT2D eigenvalue weighted by atomic mass is 31.2. The molecule has 0 spiro atoms. The number of carbonyl (C=O) groups is 3. The average molecular weight is 828 g/mol. The molecule has 2 unspecified atom stereocenters. The monoisotopic (exact) mass is 827 g/mol. The van der Waals surface area contributed by atoms with E-state index in [1.807, 2.05) is 54.7 Å². The molecule has 3 atom stereocenters. The van der Waals surface area contributed by atoms with Crippen LogP contribution >= 0.6 is 7.82 Å². The third-order valence-electron chi connectivity index (χ3n) is 7.82. The lowest BCUT2D eigenvalue weighted by molar-refractivity contribution is -0.161. The molecule has 0 bridgehead atoms. The van der Waals surface area contributed by atoms with Crippen molar-refractivity contribution in [2.75, 3.05) is 19.8 Å². The third kappa shape index (κ3) is 38.7. The zero-order valence-corrected chi connectivity index (χ0v) is 35.7. The highest BCUT2D eigenvalue weighted by Crippen LogP contribution is 2.43. The number of carboxylic acid groups (broad SMARTS) is 1. The van der Waals surface area contributed by atoms with Crippen LogP contribution in [0.2, 0.25) is 0 Å². The summed E-state index contributed by atoms with van der Waals surface area (Å²) in [6.45, 7) is 2.47. The first-order valence-electron chi connectivity index (χ1n) is 20.6. The molecule has 0 aliphatic carbocycles. The Morgan fingerprint density at radius 1 is 0.569 bits per heavy atom. The van der Waals surface area contributed by atoms with Gasteiger partial charge < -0.3 is 25.2 Å². The van der Waals surface area contributed by atoms with Gasteiger partial charge in [0.1, 0.15) is 12.6 Å². The number of carboxylic acids is 1. The van der Waals surface area contributed by atoms with Gasteiger partial charge in [-0.15, -0.1) is 0 Å². The molecule has 0 radical (unpaired) electrons. The lowest BCUT2D eigenvalue weighted by Crippen LogP contribution is -2.34. The van der Waals surface area contributed by atoms with Gasteiger partial charge in [-0.1, -0.05) is 148 Å². The number of unbranched alkanes of at least 4 members (excludes halogenated alkanes) is 6. The van der Waals surface area contributed by atoms with Crippen LogP contribution in [0, 0.1) is 0 Å². The zero-order valence-electron chi connectivity index (χ0n) is 34.8. The summed E-state index contributed by atoms with van der Waals surface area (Å²) in [6, 6.07) is -1.55. The van der Waals surface area contributed by atoms with Crippen LogP contribution < -0.4 is 5.73 Å². The smallest absolute Gasteiger partial charge is 0.472 e. The third-order valence-corrected chi connectivity index (χ3v) is 8.77. The number of phosphoric ester groups is 1. The Labute approximate surface area is 348 Å². The van der Waals surface area contributed by atoms with Gasteiger partial charge in [-0.3, -0.25) is 23.4 Å². The van der Waals surface area contributed by atoms with Crippen LogP contribution in [0.5, 0.6) is 0 Å². The highest BCUT2D eigenvalue weighted by Gasteiger charge is 2.28. The van der Waals surface area contributed by atoms with E-state index in [1.165, 1.54) is 25.7 Å². The van der Waals surface area contributed by atoms with Crippen molar-refractivity contribution in [3.8, 4) is 0 Å². The van der Waals surface area contributed by atoms with Gasteiger partial charge in [-0.25, -0.2) is 4.57 Å². The Morgan fingerprint density at radius 3 is 1.57 bits per heavy atom. The maximum Gasteiger partial charge on any atom is 0.472 e. The van der Waals surface area contributed by atoms with Gasteiger partial charge >= 0.3 is 25.7 Å². The fraction of sp³-hybridized carbons (Fsp3) is 0.500. The molecule has 12 heteroatoms. The first-order chi connectivity index (χ1) is 28.1. The van der Waals surface area contributed by atoms with E-state index in [2.05, 4.69) is 85.2 Å². The molecule has 0 saturated heterocycles. The topological polar surface area (TPSA) is 172 Å². The Balaban J connectivity index is 4.57. The first kappa shape index (κ1) is 53.9. The van der Waals surface area contributed by atoms with Gasteiger partial charge in [0.05, 0.1) is 13.2 Å². The molecule has 0 fully saturated rings. The SMILES string of the molecule is CC/C=C/C=C/C=C/C=C/C=C/CCCC(=O)OC(COC(=O)CCCC/C=C/C/C=C/C/C=C/C/C=C/C/C=C/CCCCC)COP(=O)(O)OC[C@H](N)C(=O)O. The molecular weight excluding hydrogens is 757 g/mol. The predicted molar refractivity (Wildman–Crippen MR) is 235 cm³/mol. The van der Waals surface area contributed by atoms with Gasteiger partial charge in [0.25, 0.3) is 0 Å². The Hall–Kier alpha value is -4.12. The van der Waals surface area contributed by atoms with Gasteiger partial charge in [-0.05, 0) is 77.0 Å². The first-order valence-corrected chi connectivity index (χ1v) is 22.1. The molecule has 0 aromatic carbocycles. The average Bonchev–Trinajstić information content (AvgIpc) is 3.20. The van der Waals surface area contributed by atoms with Crippen molar-refractivity contribution >= 4 is 25.7 Å². The summed E-state index contributed by atoms with van der Waals surface area (Å²) >= 11 is 0. The van der Waals surface area contributed by atoms with Gasteiger partial charge in [0.15, 0.2) is 6.10 Å². The van der Waals surface area contributed by atoms with Crippen LogP contribution in [0.15, 0.2) is 122 Å². The summed E-state index contributed by atoms with van der Waals surface area (Å²) in [5, 5.41) is 8.87. The number of hydrogen-bond acceptors (Lipinski definition) is 9. The minimum Gasteiger partial charge on any atom is -0.480 e.